The van der Waals surface area contributed by atoms with Crippen molar-refractivity contribution in [1.82, 2.24) is 0 Å². The summed E-state index contributed by atoms with van der Waals surface area (Å²) in [5.74, 6) is 0.570. The van der Waals surface area contributed by atoms with Crippen molar-refractivity contribution in [2.75, 3.05) is 6.61 Å². The highest BCUT2D eigenvalue weighted by Crippen LogP contribution is 2.42. The largest absolute Gasteiger partial charge is 0.465 e. The van der Waals surface area contributed by atoms with Gasteiger partial charge in [-0.3, -0.25) is 4.79 Å². The number of fused-ring (bicyclic) bond motifs is 1. The maximum absolute atomic E-state index is 11.8. The molecule has 116 valence electrons. The first-order valence-corrected chi connectivity index (χ1v) is 8.21. The molecule has 0 saturated heterocycles. The van der Waals surface area contributed by atoms with Crippen molar-refractivity contribution in [3.63, 3.8) is 0 Å². The van der Waals surface area contributed by atoms with Crippen LogP contribution in [0.1, 0.15) is 57.2 Å². The van der Waals surface area contributed by atoms with Crippen LogP contribution in [0.5, 0.6) is 0 Å². The first kappa shape index (κ1) is 16.1. The number of carbonyl (C=O) groups excluding carboxylic acids is 1. The van der Waals surface area contributed by atoms with Crippen molar-refractivity contribution < 1.29 is 9.53 Å². The molecule has 0 fully saturated rings. The molecule has 1 aromatic carbocycles. The van der Waals surface area contributed by atoms with Crippen LogP contribution in [0.2, 0.25) is 0 Å². The van der Waals surface area contributed by atoms with Gasteiger partial charge in [-0.2, -0.15) is 0 Å². The van der Waals surface area contributed by atoms with E-state index in [1.165, 1.54) is 11.1 Å². The van der Waals surface area contributed by atoms with Crippen molar-refractivity contribution >= 4 is 5.97 Å². The lowest BCUT2D eigenvalue weighted by atomic mass is 9.77. The van der Waals surface area contributed by atoms with Crippen LogP contribution < -0.4 is 0 Å². The topological polar surface area (TPSA) is 26.3 Å². The smallest absolute Gasteiger partial charge is 0.310 e. The van der Waals surface area contributed by atoms with E-state index in [2.05, 4.69) is 45.9 Å². The molecule has 21 heavy (non-hydrogen) atoms. The number of benzene rings is 1. The van der Waals surface area contributed by atoms with Crippen molar-refractivity contribution in [1.29, 1.82) is 0 Å². The maximum atomic E-state index is 11.8. The molecular weight excluding hydrogens is 260 g/mol. The molecule has 0 spiro atoms. The summed E-state index contributed by atoms with van der Waals surface area (Å²) in [7, 11) is 0. The van der Waals surface area contributed by atoms with Gasteiger partial charge in [0.05, 0.1) is 13.0 Å². The lowest BCUT2D eigenvalue weighted by Crippen LogP contribution is -2.23. The van der Waals surface area contributed by atoms with Crippen LogP contribution in [0.15, 0.2) is 18.2 Å². The van der Waals surface area contributed by atoms with Gasteiger partial charge in [-0.15, -0.1) is 0 Å². The summed E-state index contributed by atoms with van der Waals surface area (Å²) >= 11 is 0. The molecule has 2 rings (SSSR count). The number of ether oxygens (including phenoxy) is 1. The summed E-state index contributed by atoms with van der Waals surface area (Å²) in [4.78, 5) is 11.8. The second kappa shape index (κ2) is 6.64. The van der Waals surface area contributed by atoms with Crippen LogP contribution >= 0.6 is 0 Å². The highest BCUT2D eigenvalue weighted by molar-refractivity contribution is 5.72. The number of hydrogen-bond donors (Lipinski definition) is 0. The Balaban J connectivity index is 1.99. The van der Waals surface area contributed by atoms with E-state index in [9.17, 15) is 4.79 Å². The number of rotatable bonds is 6. The third kappa shape index (κ3) is 3.87. The number of hydrogen-bond acceptors (Lipinski definition) is 2. The minimum absolute atomic E-state index is 0.104. The zero-order chi connectivity index (χ0) is 15.5. The van der Waals surface area contributed by atoms with Crippen LogP contribution in [-0.2, 0) is 28.8 Å². The molecule has 0 saturated carbocycles. The predicted octanol–water partition coefficient (Wildman–Crippen LogP) is 4.33. The average molecular weight is 288 g/mol. The Morgan fingerprint density at radius 1 is 1.29 bits per heavy atom. The van der Waals surface area contributed by atoms with Crippen LogP contribution in [0, 0.1) is 11.3 Å². The van der Waals surface area contributed by atoms with Crippen molar-refractivity contribution in [2.45, 2.75) is 59.8 Å². The molecule has 0 radical (unpaired) electrons. The highest BCUT2D eigenvalue weighted by atomic mass is 16.5. The van der Waals surface area contributed by atoms with E-state index in [4.69, 9.17) is 4.74 Å². The molecule has 0 heterocycles. The van der Waals surface area contributed by atoms with Crippen LogP contribution in [-0.4, -0.2) is 12.6 Å². The first-order chi connectivity index (χ1) is 9.94. The van der Waals surface area contributed by atoms with E-state index >= 15 is 0 Å². The van der Waals surface area contributed by atoms with E-state index < -0.39 is 0 Å². The molecule has 1 unspecified atom stereocenters. The molecule has 2 heteroatoms. The Morgan fingerprint density at radius 2 is 2.00 bits per heavy atom. The van der Waals surface area contributed by atoms with Crippen molar-refractivity contribution in [3.8, 4) is 0 Å². The predicted molar refractivity (Wildman–Crippen MR) is 86.4 cm³/mol. The second-order valence-electron chi connectivity index (χ2n) is 7.02. The van der Waals surface area contributed by atoms with Gasteiger partial charge >= 0.3 is 5.97 Å². The van der Waals surface area contributed by atoms with Crippen molar-refractivity contribution in [3.05, 3.63) is 34.9 Å². The SMILES string of the molecule is CCCCOC(=O)Cc1ccc2c(c1)CC(C)(C(C)C)C2. The fourth-order valence-electron chi connectivity index (χ4n) is 3.02. The average Bonchev–Trinajstić information content (AvgIpc) is 2.76. The molecule has 0 bridgehead atoms. The van der Waals surface area contributed by atoms with Crippen LogP contribution in [0.3, 0.4) is 0 Å². The summed E-state index contributed by atoms with van der Waals surface area (Å²) in [6, 6.07) is 6.51. The third-order valence-electron chi connectivity index (χ3n) is 4.96. The van der Waals surface area contributed by atoms with E-state index in [1.807, 2.05) is 0 Å². The molecule has 0 N–H and O–H groups in total. The highest BCUT2D eigenvalue weighted by Gasteiger charge is 2.35. The minimum Gasteiger partial charge on any atom is -0.465 e. The minimum atomic E-state index is -0.104. The van der Waals surface area contributed by atoms with Gasteiger partial charge in [-0.25, -0.2) is 0 Å². The van der Waals surface area contributed by atoms with Gasteiger partial charge in [0.25, 0.3) is 0 Å². The normalized spacial score (nSPS) is 20.6. The summed E-state index contributed by atoms with van der Waals surface area (Å²) in [6.07, 6.45) is 4.68. The fourth-order valence-corrected chi connectivity index (χ4v) is 3.02. The Bertz CT molecular complexity index is 504. The zero-order valence-corrected chi connectivity index (χ0v) is 13.9. The molecule has 0 aromatic heterocycles. The lowest BCUT2D eigenvalue weighted by molar-refractivity contribution is -0.142. The molecule has 2 nitrogen and oxygen atoms in total. The van der Waals surface area contributed by atoms with Gasteiger partial charge in [-0.1, -0.05) is 52.3 Å². The second-order valence-corrected chi connectivity index (χ2v) is 7.02. The van der Waals surface area contributed by atoms with E-state index in [-0.39, 0.29) is 5.97 Å². The lowest BCUT2D eigenvalue weighted by Gasteiger charge is -2.28. The number of esters is 1. The molecular formula is C19H28O2. The quantitative estimate of drug-likeness (QED) is 0.575. The van der Waals surface area contributed by atoms with Gasteiger partial charge in [0.2, 0.25) is 0 Å². The number of unbranched alkanes of at least 4 members (excludes halogenated alkanes) is 1. The molecule has 0 amide bonds. The molecule has 0 aliphatic heterocycles. The Labute approximate surface area is 128 Å². The monoisotopic (exact) mass is 288 g/mol. The summed E-state index contributed by atoms with van der Waals surface area (Å²) in [5, 5.41) is 0. The molecule has 1 aliphatic carbocycles. The standard InChI is InChI=1S/C19H28O2/c1-5-6-9-21-18(20)11-15-7-8-16-12-19(4,14(2)3)13-17(16)10-15/h7-8,10,14H,5-6,9,11-13H2,1-4H3. The van der Waals surface area contributed by atoms with Crippen LogP contribution in [0.25, 0.3) is 0 Å². The van der Waals surface area contributed by atoms with Gasteiger partial charge in [-0.05, 0) is 47.3 Å². The first-order valence-electron chi connectivity index (χ1n) is 8.21. The zero-order valence-electron chi connectivity index (χ0n) is 13.9. The van der Waals surface area contributed by atoms with E-state index in [0.717, 1.165) is 31.2 Å². The third-order valence-corrected chi connectivity index (χ3v) is 4.96. The molecule has 1 aliphatic rings. The van der Waals surface area contributed by atoms with Gasteiger partial charge in [0.15, 0.2) is 0 Å². The van der Waals surface area contributed by atoms with E-state index in [0.29, 0.717) is 24.4 Å². The Morgan fingerprint density at radius 3 is 2.67 bits per heavy atom. The van der Waals surface area contributed by atoms with Crippen molar-refractivity contribution in [2.24, 2.45) is 11.3 Å². The molecule has 1 aromatic rings. The fraction of sp³-hybridized carbons (Fsp3) is 0.632. The Hall–Kier alpha value is -1.31. The van der Waals surface area contributed by atoms with Gasteiger partial charge in [0, 0.05) is 0 Å². The Kier molecular flexibility index (Phi) is 5.08. The maximum Gasteiger partial charge on any atom is 0.310 e. The molecule has 1 atom stereocenters. The summed E-state index contributed by atoms with van der Waals surface area (Å²) in [6.45, 7) is 9.62. The number of carbonyl (C=O) groups is 1. The summed E-state index contributed by atoms with van der Waals surface area (Å²) in [5.41, 5.74) is 4.32. The van der Waals surface area contributed by atoms with E-state index in [1.54, 1.807) is 0 Å². The van der Waals surface area contributed by atoms with Gasteiger partial charge in [0.1, 0.15) is 0 Å². The summed E-state index contributed by atoms with van der Waals surface area (Å²) < 4.78 is 5.25. The van der Waals surface area contributed by atoms with Gasteiger partial charge < -0.3 is 4.74 Å². The van der Waals surface area contributed by atoms with Crippen LogP contribution in [0.4, 0.5) is 0 Å².